The van der Waals surface area contributed by atoms with Gasteiger partial charge in [-0.05, 0) is 37.1 Å². The van der Waals surface area contributed by atoms with Gasteiger partial charge in [0.25, 0.3) is 0 Å². The molecule has 1 unspecified atom stereocenters. The summed E-state index contributed by atoms with van der Waals surface area (Å²) in [5.41, 5.74) is 1.56. The molecule has 2 rings (SSSR count). The Balaban J connectivity index is 2.20. The maximum absolute atomic E-state index is 13.4. The minimum Gasteiger partial charge on any atom is -0.395 e. The molecule has 4 heteroatoms. The fourth-order valence-electron chi connectivity index (χ4n) is 2.81. The lowest BCUT2D eigenvalue weighted by molar-refractivity contribution is 0.118. The molecule has 114 valence electrons. The van der Waals surface area contributed by atoms with Crippen molar-refractivity contribution >= 4 is 0 Å². The van der Waals surface area contributed by atoms with E-state index >= 15 is 0 Å². The van der Waals surface area contributed by atoms with E-state index in [4.69, 9.17) is 5.11 Å². The van der Waals surface area contributed by atoms with Crippen LogP contribution in [-0.4, -0.2) is 40.9 Å². The summed E-state index contributed by atoms with van der Waals surface area (Å²) in [6.45, 7) is 1.51. The molecule has 1 aromatic rings. The molecular formula is C17H22FNO2. The first-order valence-corrected chi connectivity index (χ1v) is 7.47. The average Bonchev–Trinajstić information content (AvgIpc) is 2.72. The van der Waals surface area contributed by atoms with E-state index in [9.17, 15) is 9.50 Å². The zero-order valence-corrected chi connectivity index (χ0v) is 12.2. The van der Waals surface area contributed by atoms with Crippen LogP contribution in [0.4, 0.5) is 4.39 Å². The third kappa shape index (κ3) is 4.53. The van der Waals surface area contributed by atoms with Crippen LogP contribution in [0.1, 0.15) is 36.8 Å². The molecule has 21 heavy (non-hydrogen) atoms. The predicted octanol–water partition coefficient (Wildman–Crippen LogP) is 1.91. The van der Waals surface area contributed by atoms with Crippen molar-refractivity contribution in [3.8, 4) is 11.8 Å². The number of benzene rings is 1. The standard InChI is InChI=1S/C17H22FNO2/c18-16-8-7-15(14(11-16)5-4-10-20)12-19-9-3-1-2-6-17(19)13-21/h7-8,11,17,20-21H,1-3,6,9-10,12-13H2. The Morgan fingerprint density at radius 3 is 2.86 bits per heavy atom. The lowest BCUT2D eigenvalue weighted by Crippen LogP contribution is -2.37. The predicted molar refractivity (Wildman–Crippen MR) is 80.1 cm³/mol. The van der Waals surface area contributed by atoms with E-state index in [1.54, 1.807) is 6.07 Å². The summed E-state index contributed by atoms with van der Waals surface area (Å²) in [5, 5.41) is 18.4. The van der Waals surface area contributed by atoms with Gasteiger partial charge in [0, 0.05) is 18.2 Å². The number of likely N-dealkylation sites (tertiary alicyclic amines) is 1. The van der Waals surface area contributed by atoms with Crippen molar-refractivity contribution in [2.45, 2.75) is 38.3 Å². The van der Waals surface area contributed by atoms with Crippen molar-refractivity contribution in [3.63, 3.8) is 0 Å². The van der Waals surface area contributed by atoms with Gasteiger partial charge in [0.2, 0.25) is 0 Å². The number of hydrogen-bond acceptors (Lipinski definition) is 3. The summed E-state index contributed by atoms with van der Waals surface area (Å²) < 4.78 is 13.4. The van der Waals surface area contributed by atoms with Crippen LogP contribution in [0.5, 0.6) is 0 Å². The minimum atomic E-state index is -0.324. The summed E-state index contributed by atoms with van der Waals surface area (Å²) in [6.07, 6.45) is 4.45. The van der Waals surface area contributed by atoms with Gasteiger partial charge in [0.1, 0.15) is 12.4 Å². The van der Waals surface area contributed by atoms with Gasteiger partial charge in [-0.3, -0.25) is 4.90 Å². The zero-order valence-electron chi connectivity index (χ0n) is 12.2. The first-order valence-electron chi connectivity index (χ1n) is 7.47. The van der Waals surface area contributed by atoms with E-state index < -0.39 is 0 Å². The molecule has 0 amide bonds. The Kier molecular flexibility index (Phi) is 6.19. The second-order valence-electron chi connectivity index (χ2n) is 5.42. The molecule has 1 fully saturated rings. The smallest absolute Gasteiger partial charge is 0.124 e. The molecule has 1 aliphatic rings. The van der Waals surface area contributed by atoms with Crippen LogP contribution in [0.25, 0.3) is 0 Å². The topological polar surface area (TPSA) is 43.7 Å². The molecule has 0 spiro atoms. The van der Waals surface area contributed by atoms with Gasteiger partial charge < -0.3 is 10.2 Å². The third-order valence-corrected chi connectivity index (χ3v) is 3.96. The highest BCUT2D eigenvalue weighted by Crippen LogP contribution is 2.21. The highest BCUT2D eigenvalue weighted by Gasteiger charge is 2.21. The van der Waals surface area contributed by atoms with Gasteiger partial charge in [-0.2, -0.15) is 0 Å². The van der Waals surface area contributed by atoms with Crippen molar-refractivity contribution in [2.24, 2.45) is 0 Å². The van der Waals surface area contributed by atoms with Crippen LogP contribution in [0, 0.1) is 17.7 Å². The molecule has 1 atom stereocenters. The largest absolute Gasteiger partial charge is 0.395 e. The second-order valence-corrected chi connectivity index (χ2v) is 5.42. The lowest BCUT2D eigenvalue weighted by atomic mass is 10.1. The maximum Gasteiger partial charge on any atom is 0.124 e. The van der Waals surface area contributed by atoms with Crippen LogP contribution in [0.3, 0.4) is 0 Å². The Hall–Kier alpha value is -1.41. The first-order chi connectivity index (χ1) is 10.2. The molecule has 2 N–H and O–H groups in total. The SMILES string of the molecule is OCC#Cc1cc(F)ccc1CN1CCCCCC1CO. The molecule has 0 bridgehead atoms. The molecule has 0 aromatic heterocycles. The van der Waals surface area contributed by atoms with Crippen LogP contribution in [0.15, 0.2) is 18.2 Å². The fourth-order valence-corrected chi connectivity index (χ4v) is 2.81. The summed E-state index contributed by atoms with van der Waals surface area (Å²) in [6, 6.07) is 4.75. The number of aliphatic hydroxyl groups excluding tert-OH is 2. The van der Waals surface area contributed by atoms with Crippen LogP contribution >= 0.6 is 0 Å². The molecule has 1 aliphatic heterocycles. The third-order valence-electron chi connectivity index (χ3n) is 3.96. The van der Waals surface area contributed by atoms with E-state index in [1.165, 1.54) is 18.6 Å². The van der Waals surface area contributed by atoms with Crippen molar-refractivity contribution < 1.29 is 14.6 Å². The Bertz CT molecular complexity index is 521. The van der Waals surface area contributed by atoms with Crippen LogP contribution in [0.2, 0.25) is 0 Å². The van der Waals surface area contributed by atoms with E-state index in [1.807, 2.05) is 0 Å². The summed E-state index contributed by atoms with van der Waals surface area (Å²) in [7, 11) is 0. The highest BCUT2D eigenvalue weighted by atomic mass is 19.1. The highest BCUT2D eigenvalue weighted by molar-refractivity contribution is 5.41. The molecule has 3 nitrogen and oxygen atoms in total. The van der Waals surface area contributed by atoms with Gasteiger partial charge in [-0.25, -0.2) is 4.39 Å². The van der Waals surface area contributed by atoms with Gasteiger partial charge in [0.15, 0.2) is 0 Å². The van der Waals surface area contributed by atoms with E-state index in [2.05, 4.69) is 16.7 Å². The number of aliphatic hydroxyl groups is 2. The second kappa shape index (κ2) is 8.14. The number of halogens is 1. The normalized spacial score (nSPS) is 19.7. The number of rotatable bonds is 3. The maximum atomic E-state index is 13.4. The molecule has 1 heterocycles. The summed E-state index contributed by atoms with van der Waals surface area (Å²) in [4.78, 5) is 2.25. The van der Waals surface area contributed by atoms with Gasteiger partial charge in [0.05, 0.1) is 6.61 Å². The van der Waals surface area contributed by atoms with Crippen LogP contribution < -0.4 is 0 Å². The van der Waals surface area contributed by atoms with Crippen molar-refractivity contribution in [3.05, 3.63) is 35.1 Å². The summed E-state index contributed by atoms with van der Waals surface area (Å²) >= 11 is 0. The molecule has 0 radical (unpaired) electrons. The number of hydrogen-bond donors (Lipinski definition) is 2. The Morgan fingerprint density at radius 1 is 1.24 bits per heavy atom. The first kappa shape index (κ1) is 16.0. The van der Waals surface area contributed by atoms with E-state index in [-0.39, 0.29) is 25.1 Å². The Labute approximate surface area is 125 Å². The molecular weight excluding hydrogens is 269 g/mol. The average molecular weight is 291 g/mol. The van der Waals surface area contributed by atoms with Gasteiger partial charge in [-0.15, -0.1) is 0 Å². The molecule has 0 saturated carbocycles. The van der Waals surface area contributed by atoms with Crippen molar-refractivity contribution in [1.82, 2.24) is 4.90 Å². The lowest BCUT2D eigenvalue weighted by Gasteiger charge is -2.28. The molecule has 1 saturated heterocycles. The van der Waals surface area contributed by atoms with E-state index in [0.717, 1.165) is 31.4 Å². The van der Waals surface area contributed by atoms with Crippen LogP contribution in [-0.2, 0) is 6.54 Å². The van der Waals surface area contributed by atoms with Crippen molar-refractivity contribution in [1.29, 1.82) is 0 Å². The molecule has 0 aliphatic carbocycles. The number of nitrogens with zero attached hydrogens (tertiary/aromatic N) is 1. The fraction of sp³-hybridized carbons (Fsp3) is 0.529. The summed E-state index contributed by atoms with van der Waals surface area (Å²) in [5.74, 6) is 5.07. The van der Waals surface area contributed by atoms with Crippen molar-refractivity contribution in [2.75, 3.05) is 19.8 Å². The quantitative estimate of drug-likeness (QED) is 0.836. The molecule has 1 aromatic carbocycles. The Morgan fingerprint density at radius 2 is 2.10 bits per heavy atom. The zero-order chi connectivity index (χ0) is 15.1. The van der Waals surface area contributed by atoms with Gasteiger partial charge in [-0.1, -0.05) is 30.7 Å². The minimum absolute atomic E-state index is 0.152. The van der Waals surface area contributed by atoms with Gasteiger partial charge >= 0.3 is 0 Å². The monoisotopic (exact) mass is 291 g/mol. The van der Waals surface area contributed by atoms with E-state index in [0.29, 0.717) is 12.1 Å².